The van der Waals surface area contributed by atoms with Crippen LogP contribution in [0, 0.1) is 18.3 Å². The van der Waals surface area contributed by atoms with E-state index in [-0.39, 0.29) is 0 Å². The van der Waals surface area contributed by atoms with Crippen LogP contribution in [-0.2, 0) is 11.3 Å². The Morgan fingerprint density at radius 2 is 1.81 bits per heavy atom. The second-order valence-electron chi connectivity index (χ2n) is 8.80. The maximum atomic E-state index is 5.73. The van der Waals surface area contributed by atoms with Gasteiger partial charge in [-0.1, -0.05) is 5.92 Å². The Morgan fingerprint density at radius 3 is 2.53 bits per heavy atom. The molecule has 2 aromatic carbocycles. The van der Waals surface area contributed by atoms with Crippen molar-refractivity contribution in [3.63, 3.8) is 0 Å². The molecule has 3 heterocycles. The van der Waals surface area contributed by atoms with Crippen molar-refractivity contribution in [2.24, 2.45) is 5.92 Å². The number of anilines is 2. The van der Waals surface area contributed by atoms with Crippen LogP contribution in [0.15, 0.2) is 55.0 Å². The van der Waals surface area contributed by atoms with Crippen LogP contribution in [0.2, 0.25) is 0 Å². The predicted octanol–water partition coefficient (Wildman–Crippen LogP) is 4.71. The maximum absolute atomic E-state index is 5.73. The predicted molar refractivity (Wildman–Crippen MR) is 140 cm³/mol. The van der Waals surface area contributed by atoms with Crippen LogP contribution in [-0.4, -0.2) is 53.7 Å². The van der Waals surface area contributed by atoms with Gasteiger partial charge in [-0.05, 0) is 37.0 Å². The van der Waals surface area contributed by atoms with E-state index in [0.29, 0.717) is 24.0 Å². The smallest absolute Gasteiger partial charge is 0.124 e. The van der Waals surface area contributed by atoms with Gasteiger partial charge in [0.1, 0.15) is 11.5 Å². The van der Waals surface area contributed by atoms with Crippen molar-refractivity contribution in [3.05, 3.63) is 55.0 Å². The van der Waals surface area contributed by atoms with Gasteiger partial charge in [-0.3, -0.25) is 9.67 Å². The fourth-order valence-corrected chi connectivity index (χ4v) is 4.47. The average Bonchev–Trinajstić information content (AvgIpc) is 3.39. The first-order valence-electron chi connectivity index (χ1n) is 12.0. The van der Waals surface area contributed by atoms with Crippen molar-refractivity contribution >= 4 is 22.4 Å². The largest absolute Gasteiger partial charge is 0.497 e. The molecule has 0 saturated carbocycles. The third-order valence-electron chi connectivity index (χ3n) is 6.45. The fraction of sp³-hybridized carbons (Fsp3) is 0.321. The van der Waals surface area contributed by atoms with E-state index < -0.39 is 0 Å². The molecular weight excluding hydrogens is 454 g/mol. The molecule has 1 aliphatic rings. The first kappa shape index (κ1) is 23.6. The highest BCUT2D eigenvalue weighted by molar-refractivity contribution is 5.83. The van der Waals surface area contributed by atoms with Crippen LogP contribution >= 0.6 is 0 Å². The van der Waals surface area contributed by atoms with Crippen molar-refractivity contribution in [2.45, 2.75) is 19.4 Å². The van der Waals surface area contributed by atoms with Crippen molar-refractivity contribution in [3.8, 4) is 35.1 Å². The highest BCUT2D eigenvalue weighted by Gasteiger charge is 2.16. The number of ether oxygens (including phenoxy) is 3. The van der Waals surface area contributed by atoms with Crippen molar-refractivity contribution in [2.75, 3.05) is 38.9 Å². The van der Waals surface area contributed by atoms with E-state index in [2.05, 4.69) is 16.0 Å². The van der Waals surface area contributed by atoms with Crippen LogP contribution < -0.4 is 14.4 Å². The topological polar surface area (TPSA) is 74.5 Å². The Morgan fingerprint density at radius 1 is 1.03 bits per heavy atom. The quantitative estimate of drug-likeness (QED) is 0.336. The van der Waals surface area contributed by atoms with E-state index >= 15 is 0 Å². The molecule has 0 N–H and O–H groups in total. The molecule has 1 saturated heterocycles. The molecule has 8 heteroatoms. The van der Waals surface area contributed by atoms with Crippen molar-refractivity contribution in [1.29, 1.82) is 0 Å². The summed E-state index contributed by atoms with van der Waals surface area (Å²) in [6, 6.07) is 11.6. The normalized spacial score (nSPS) is 13.9. The summed E-state index contributed by atoms with van der Waals surface area (Å²) in [6.45, 7) is 2.92. The van der Waals surface area contributed by atoms with E-state index in [1.54, 1.807) is 20.4 Å². The zero-order valence-corrected chi connectivity index (χ0v) is 20.6. The van der Waals surface area contributed by atoms with Gasteiger partial charge in [0.05, 0.1) is 49.9 Å². The van der Waals surface area contributed by atoms with Gasteiger partial charge in [-0.25, -0.2) is 4.98 Å². The van der Waals surface area contributed by atoms with Gasteiger partial charge in [0.25, 0.3) is 0 Å². The van der Waals surface area contributed by atoms with Gasteiger partial charge in [0, 0.05) is 61.1 Å². The summed E-state index contributed by atoms with van der Waals surface area (Å²) in [5, 5.41) is 4.56. The third-order valence-corrected chi connectivity index (χ3v) is 6.45. The highest BCUT2D eigenvalue weighted by Crippen LogP contribution is 2.34. The van der Waals surface area contributed by atoms with Gasteiger partial charge >= 0.3 is 0 Å². The summed E-state index contributed by atoms with van der Waals surface area (Å²) in [6.07, 6.45) is 13.6. The van der Waals surface area contributed by atoms with Gasteiger partial charge in [-0.15, -0.1) is 6.42 Å². The highest BCUT2D eigenvalue weighted by atomic mass is 16.5. The fourth-order valence-electron chi connectivity index (χ4n) is 4.47. The first-order valence-corrected chi connectivity index (χ1v) is 12.0. The number of hydrogen-bond acceptors (Lipinski definition) is 7. The lowest BCUT2D eigenvalue weighted by Crippen LogP contribution is -2.20. The average molecular weight is 484 g/mol. The van der Waals surface area contributed by atoms with E-state index in [0.717, 1.165) is 66.3 Å². The Labute approximate surface area is 210 Å². The van der Waals surface area contributed by atoms with Crippen LogP contribution in [0.3, 0.4) is 0 Å². The second kappa shape index (κ2) is 10.7. The number of methoxy groups -OCH3 is 2. The summed E-state index contributed by atoms with van der Waals surface area (Å²) in [7, 11) is 3.26. The number of hydrogen-bond donors (Lipinski definition) is 0. The minimum Gasteiger partial charge on any atom is -0.497 e. The monoisotopic (exact) mass is 483 g/mol. The van der Waals surface area contributed by atoms with E-state index in [9.17, 15) is 0 Å². The molecule has 2 aromatic heterocycles. The summed E-state index contributed by atoms with van der Waals surface area (Å²) in [5.41, 5.74) is 5.07. The third kappa shape index (κ3) is 5.11. The minimum absolute atomic E-state index is 0.369. The van der Waals surface area contributed by atoms with E-state index in [1.165, 1.54) is 0 Å². The van der Waals surface area contributed by atoms with Gasteiger partial charge < -0.3 is 19.1 Å². The van der Waals surface area contributed by atoms with Crippen LogP contribution in [0.1, 0.15) is 12.8 Å². The Hall–Kier alpha value is -4.09. The van der Waals surface area contributed by atoms with Crippen molar-refractivity contribution in [1.82, 2.24) is 19.7 Å². The lowest BCUT2D eigenvalue weighted by atomic mass is 10.0. The molecule has 0 unspecified atom stereocenters. The molecule has 4 aromatic rings. The molecule has 0 aliphatic carbocycles. The number of fused-ring (bicyclic) bond motifs is 1. The molecule has 0 bridgehead atoms. The molecule has 1 aliphatic heterocycles. The molecule has 1 fully saturated rings. The summed E-state index contributed by atoms with van der Waals surface area (Å²) in [5.74, 6) is 4.72. The van der Waals surface area contributed by atoms with Gasteiger partial charge in [0.15, 0.2) is 0 Å². The summed E-state index contributed by atoms with van der Waals surface area (Å²) >= 11 is 0. The SMILES string of the molecule is C#CCN(c1cc(OC)cc(OC)c1)c1ccc2ncc(-c3cnn(CC4CCOCC4)c3)nc2c1. The molecule has 5 rings (SSSR count). The van der Waals surface area contributed by atoms with Crippen LogP contribution in [0.25, 0.3) is 22.3 Å². The molecule has 36 heavy (non-hydrogen) atoms. The van der Waals surface area contributed by atoms with Crippen LogP contribution in [0.5, 0.6) is 11.5 Å². The number of benzene rings is 2. The van der Waals surface area contributed by atoms with E-state index in [1.807, 2.05) is 58.4 Å². The molecule has 184 valence electrons. The van der Waals surface area contributed by atoms with Gasteiger partial charge in [0.2, 0.25) is 0 Å². The Bertz CT molecular complexity index is 1370. The minimum atomic E-state index is 0.369. The van der Waals surface area contributed by atoms with Crippen molar-refractivity contribution < 1.29 is 14.2 Å². The molecule has 0 atom stereocenters. The zero-order chi connectivity index (χ0) is 24.9. The van der Waals surface area contributed by atoms with Crippen LogP contribution in [0.4, 0.5) is 11.4 Å². The number of terminal acetylenes is 1. The lowest BCUT2D eigenvalue weighted by Gasteiger charge is -2.24. The molecule has 0 amide bonds. The maximum Gasteiger partial charge on any atom is 0.124 e. The van der Waals surface area contributed by atoms with Gasteiger partial charge in [-0.2, -0.15) is 5.10 Å². The number of nitrogens with zero attached hydrogens (tertiary/aromatic N) is 5. The first-order chi connectivity index (χ1) is 17.7. The molecule has 0 spiro atoms. The second-order valence-corrected chi connectivity index (χ2v) is 8.80. The Balaban J connectivity index is 1.45. The summed E-state index contributed by atoms with van der Waals surface area (Å²) in [4.78, 5) is 11.6. The van der Waals surface area contributed by atoms with E-state index in [4.69, 9.17) is 25.6 Å². The Kier molecular flexibility index (Phi) is 7.01. The molecule has 8 nitrogen and oxygen atoms in total. The number of aromatic nitrogens is 4. The number of rotatable bonds is 8. The summed E-state index contributed by atoms with van der Waals surface area (Å²) < 4.78 is 18.4. The lowest BCUT2D eigenvalue weighted by molar-refractivity contribution is 0.0601. The molecule has 0 radical (unpaired) electrons. The molecular formula is C28H29N5O3. The zero-order valence-electron chi connectivity index (χ0n) is 20.6. The standard InChI is InChI=1S/C28H29N5O3/c1-4-9-33(23-12-24(34-2)15-25(13-23)35-3)22-5-6-26-27(14-22)31-28(17-29-26)21-16-30-32(19-21)18-20-7-10-36-11-8-20/h1,5-6,12-17,19-20H,7-11,18H2,2-3H3.